The van der Waals surface area contributed by atoms with Gasteiger partial charge in [0.05, 0.1) is 24.6 Å². The van der Waals surface area contributed by atoms with Crippen LogP contribution in [0.25, 0.3) is 0 Å². The summed E-state index contributed by atoms with van der Waals surface area (Å²) in [5.74, 6) is 0.881. The molecule has 2 N–H and O–H groups in total. The van der Waals surface area contributed by atoms with E-state index < -0.39 is 34.3 Å². The predicted octanol–water partition coefficient (Wildman–Crippen LogP) is 16.0. The van der Waals surface area contributed by atoms with Gasteiger partial charge in [0, 0.05) is 67.8 Å². The number of nitrogens with zero attached hydrogens (tertiary/aromatic N) is 4. The number of fused-ring (bicyclic) bond motifs is 4. The summed E-state index contributed by atoms with van der Waals surface area (Å²) in [5, 5.41) is 26.8. The molecule has 1 aliphatic heterocycles. The number of aliphatic imine (C=N–C) groups is 2. The summed E-state index contributed by atoms with van der Waals surface area (Å²) in [6.07, 6.45) is 6.67. The van der Waals surface area contributed by atoms with E-state index >= 15 is 0 Å². The van der Waals surface area contributed by atoms with E-state index in [2.05, 4.69) is 9.97 Å². The first-order chi connectivity index (χ1) is 38.3. The minimum absolute atomic E-state index is 0.00118. The number of alkyl halides is 12. The van der Waals surface area contributed by atoms with Crippen molar-refractivity contribution in [2.45, 2.75) is 44.2 Å². The van der Waals surface area contributed by atoms with E-state index in [-0.39, 0.29) is 24.7 Å². The van der Waals surface area contributed by atoms with Gasteiger partial charge in [0.25, 0.3) is 0 Å². The van der Waals surface area contributed by atoms with Gasteiger partial charge in [0.1, 0.15) is 34.4 Å². The maximum atomic E-state index is 11.7. The summed E-state index contributed by atoms with van der Waals surface area (Å²) in [7, 11) is -7.40. The second kappa shape index (κ2) is 33.9. The van der Waals surface area contributed by atoms with Crippen molar-refractivity contribution in [3.8, 4) is 23.0 Å². The molecule has 6 aromatic carbocycles. The normalized spacial score (nSPS) is 13.5. The number of aromatic nitrogens is 2. The summed E-state index contributed by atoms with van der Waals surface area (Å²) >= 11 is 57.7. The van der Waals surface area contributed by atoms with Crippen LogP contribution in [0.1, 0.15) is 33.6 Å². The Labute approximate surface area is 527 Å². The lowest BCUT2D eigenvalue weighted by Gasteiger charge is -2.33. The number of rotatable bonds is 4. The molecule has 2 aromatic heterocycles. The molecule has 0 aliphatic carbocycles. The number of aromatic hydroxyl groups is 2. The van der Waals surface area contributed by atoms with E-state index in [9.17, 15) is 10.2 Å². The highest BCUT2D eigenvalue weighted by molar-refractivity contribution is 6.93. The summed E-state index contributed by atoms with van der Waals surface area (Å²) in [5.41, 5.74) is 3.95. The van der Waals surface area contributed by atoms with Gasteiger partial charge in [-0.3, -0.25) is 20.0 Å². The third-order valence-corrected chi connectivity index (χ3v) is 17.6. The highest BCUT2D eigenvalue weighted by atomic mass is 35.6. The molecule has 9 rings (SSSR count). The Bertz CT molecular complexity index is 2900. The van der Waals surface area contributed by atoms with Crippen molar-refractivity contribution in [3.05, 3.63) is 216 Å². The van der Waals surface area contributed by atoms with Crippen LogP contribution in [0.4, 0.5) is 11.4 Å². The number of hydrogen-bond acceptors (Lipinski definition) is 10. The van der Waals surface area contributed by atoms with Crippen LogP contribution in [0.3, 0.4) is 0 Å². The molecule has 420 valence electrons. The molecule has 0 spiro atoms. The van der Waals surface area contributed by atoms with Gasteiger partial charge < -0.3 is 27.9 Å². The minimum Gasteiger partial charge on any atom is -0.512 e. The van der Waals surface area contributed by atoms with Crippen LogP contribution in [0, 0.1) is 13.8 Å². The highest BCUT2D eigenvalue weighted by Crippen LogP contribution is 2.35. The van der Waals surface area contributed by atoms with Crippen LogP contribution in [0.15, 0.2) is 192 Å². The van der Waals surface area contributed by atoms with Crippen LogP contribution < -0.4 is 29.6 Å². The topological polar surface area (TPSA) is 128 Å². The largest absolute Gasteiger partial charge is 0.512 e. The summed E-state index contributed by atoms with van der Waals surface area (Å²) in [6.45, 7) is 3.50. The zero-order valence-corrected chi connectivity index (χ0v) is 53.1. The number of aryl methyl sites for hydroxylation is 2. The number of hydrogen-bond donors (Lipinski definition) is 2. The van der Waals surface area contributed by atoms with Gasteiger partial charge in [0.2, 0.25) is 0 Å². The fourth-order valence-corrected chi connectivity index (χ4v) is 13.8. The van der Waals surface area contributed by atoms with Gasteiger partial charge in [-0.1, -0.05) is 285 Å². The minimum atomic E-state index is -3.70. The van der Waals surface area contributed by atoms with Crippen molar-refractivity contribution < 1.29 is 27.9 Å². The maximum Gasteiger partial charge on any atom is 0.469 e. The zero-order chi connectivity index (χ0) is 58.2. The molecule has 3 heterocycles. The fraction of sp³-hybridized carbons (Fsp3) is 0.143. The van der Waals surface area contributed by atoms with Gasteiger partial charge in [-0.2, -0.15) is 0 Å². The van der Waals surface area contributed by atoms with Crippen molar-refractivity contribution in [1.82, 2.24) is 9.97 Å². The van der Waals surface area contributed by atoms with E-state index in [1.807, 2.05) is 170 Å². The van der Waals surface area contributed by atoms with Crippen LogP contribution in [-0.4, -0.2) is 66.9 Å². The monoisotopic (exact) mass is 1350 g/mol. The van der Waals surface area contributed by atoms with Crippen LogP contribution >= 0.6 is 139 Å². The van der Waals surface area contributed by atoms with E-state index in [4.69, 9.17) is 167 Å². The van der Waals surface area contributed by atoms with Crippen LogP contribution in [0.2, 0.25) is 0 Å². The molecule has 0 fully saturated rings. The number of benzene rings is 6. The van der Waals surface area contributed by atoms with Crippen molar-refractivity contribution >= 4 is 201 Å². The number of halogens is 12. The molecule has 24 heteroatoms. The SMILES string of the molecule is Cc1ncc2c(c1O)C=Nc1ccccc1O[Si](c1ccccc1)(c1ccccc1)OCc1cnc(C)c(O)c1C=Nc1ccccc1O[Si](c1ccccc1)(c1ccccc1)OC2.ClC(Cl)Cl.ClC(Cl)Cl.ClC(Cl)Cl.ClC(Cl)Cl. The summed E-state index contributed by atoms with van der Waals surface area (Å²) < 4.78 is 26.0. The molecule has 0 saturated carbocycles. The first-order valence-corrected chi connectivity index (χ1v) is 32.3. The second-order valence-corrected chi connectivity index (χ2v) is 29.9. The molecule has 0 unspecified atom stereocenters. The lowest BCUT2D eigenvalue weighted by atomic mass is 10.1. The summed E-state index contributed by atoms with van der Waals surface area (Å²) in [4.78, 5) is 19.1. The average Bonchev–Trinajstić information content (AvgIpc) is 3.46. The third kappa shape index (κ3) is 20.1. The van der Waals surface area contributed by atoms with E-state index in [1.165, 1.54) is 0 Å². The Morgan fingerprint density at radius 1 is 0.388 bits per heavy atom. The van der Waals surface area contributed by atoms with Gasteiger partial charge in [-0.15, -0.1) is 0 Å². The lowest BCUT2D eigenvalue weighted by Crippen LogP contribution is -2.65. The predicted molar refractivity (Wildman–Crippen MR) is 341 cm³/mol. The zero-order valence-electron chi connectivity index (χ0n) is 42.1. The Morgan fingerprint density at radius 2 is 0.637 bits per heavy atom. The van der Waals surface area contributed by atoms with Crippen molar-refractivity contribution in [3.63, 3.8) is 0 Å². The van der Waals surface area contributed by atoms with Gasteiger partial charge >= 0.3 is 17.1 Å². The molecule has 0 atom stereocenters. The highest BCUT2D eigenvalue weighted by Gasteiger charge is 2.47. The Hall–Kier alpha value is -4.01. The molecule has 80 heavy (non-hydrogen) atoms. The molecular formula is C56H48Cl12N4O6Si2. The van der Waals surface area contributed by atoms with Gasteiger partial charge in [-0.25, -0.2) is 0 Å². The average molecular weight is 1350 g/mol. The Morgan fingerprint density at radius 3 is 0.912 bits per heavy atom. The van der Waals surface area contributed by atoms with Crippen molar-refractivity contribution in [2.24, 2.45) is 9.98 Å². The number of pyridine rings is 2. The molecule has 0 saturated heterocycles. The molecule has 0 amide bonds. The van der Waals surface area contributed by atoms with Crippen LogP contribution in [-0.2, 0) is 22.1 Å². The Balaban J connectivity index is 0.000000652. The van der Waals surface area contributed by atoms with Crippen molar-refractivity contribution in [1.29, 1.82) is 0 Å². The molecule has 1 aliphatic rings. The molecule has 10 nitrogen and oxygen atoms in total. The smallest absolute Gasteiger partial charge is 0.469 e. The lowest BCUT2D eigenvalue weighted by molar-refractivity contribution is 0.248. The third-order valence-electron chi connectivity index (χ3n) is 11.1. The first kappa shape index (κ1) is 66.8. The van der Waals surface area contributed by atoms with Gasteiger partial charge in [-0.05, 0) is 38.1 Å². The van der Waals surface area contributed by atoms with E-state index in [1.54, 1.807) is 38.7 Å². The van der Waals surface area contributed by atoms with E-state index in [0.29, 0.717) is 56.5 Å². The quantitative estimate of drug-likeness (QED) is 0.132. The second-order valence-electron chi connectivity index (χ2n) is 16.2. The van der Waals surface area contributed by atoms with E-state index in [0.717, 1.165) is 20.7 Å². The van der Waals surface area contributed by atoms with Crippen molar-refractivity contribution in [2.75, 3.05) is 0 Å². The van der Waals surface area contributed by atoms with Crippen LogP contribution in [0.5, 0.6) is 23.0 Å². The van der Waals surface area contributed by atoms with Gasteiger partial charge in [0.15, 0.2) is 17.2 Å². The fourth-order valence-electron chi connectivity index (χ4n) is 7.65. The molecular weight excluding hydrogens is 1310 g/mol. The first-order valence-electron chi connectivity index (χ1n) is 23.5. The standard InChI is InChI=1S/C52H44N4O6Si2.4CHCl3/c1-37-51(57)45-33-55-47-27-15-17-29-49(47)61-64(43-23-11-5-12-24-43,44-25-13-6-14-26-44)60-36-40-32-54-38(2)52(58)46(40)34-56-48-28-16-18-30-50(48)62-63(41-19-7-3-8-20-41,42-21-9-4-10-22-42)59-35-39(45)31-53-37;4*2-1(3)4/h3-34,57-58H,35-36H2,1-2H3;4*1H. The molecule has 0 bridgehead atoms. The Kier molecular flexibility index (Phi) is 28.3. The maximum absolute atomic E-state index is 11.7. The molecule has 0 radical (unpaired) electrons. The number of para-hydroxylation sites is 4. The molecule has 8 aromatic rings. The summed E-state index contributed by atoms with van der Waals surface area (Å²) in [6, 6.07) is 54.6.